The molecule has 3 aromatic rings. The topological polar surface area (TPSA) is 33.1 Å². The summed E-state index contributed by atoms with van der Waals surface area (Å²) in [6.45, 7) is 0. The van der Waals surface area contributed by atoms with Gasteiger partial charge >= 0.3 is 0 Å². The van der Waals surface area contributed by atoms with Gasteiger partial charge in [0.15, 0.2) is 5.11 Å². The fourth-order valence-corrected chi connectivity index (χ4v) is 5.12. The molecule has 0 spiro atoms. The summed E-state index contributed by atoms with van der Waals surface area (Å²) in [4.78, 5) is 6.89. The van der Waals surface area contributed by atoms with E-state index in [9.17, 15) is 0 Å². The summed E-state index contributed by atoms with van der Waals surface area (Å²) in [5.41, 5.74) is 3.41. The van der Waals surface area contributed by atoms with E-state index < -0.39 is 0 Å². The van der Waals surface area contributed by atoms with Crippen LogP contribution in [0.25, 0.3) is 0 Å². The summed E-state index contributed by atoms with van der Waals surface area (Å²) in [6, 6.07) is 19.5. The van der Waals surface area contributed by atoms with Crippen LogP contribution in [-0.2, 0) is 0 Å². The smallest absolute Gasteiger partial charge is 0.174 e. The third-order valence-electron chi connectivity index (χ3n) is 6.21. The van der Waals surface area contributed by atoms with Crippen LogP contribution in [0.2, 0.25) is 0 Å². The molecule has 0 radical (unpaired) electrons. The van der Waals surface area contributed by atoms with Crippen LogP contribution in [0.15, 0.2) is 73.2 Å². The largest absolute Gasteiger partial charge is 0.351 e. The average molecular weight is 403 g/mol. The maximum Gasteiger partial charge on any atom is 0.174 e. The lowest BCUT2D eigenvalue weighted by molar-refractivity contribution is 0.353. The number of pyridine rings is 1. The highest BCUT2D eigenvalue weighted by Gasteiger charge is 2.41. The van der Waals surface area contributed by atoms with Crippen LogP contribution < -0.4 is 10.2 Å². The van der Waals surface area contributed by atoms with Crippen LogP contribution in [-0.4, -0.2) is 14.7 Å². The molecule has 1 saturated heterocycles. The quantitative estimate of drug-likeness (QED) is 0.579. The first-order valence-corrected chi connectivity index (χ1v) is 11.0. The van der Waals surface area contributed by atoms with Gasteiger partial charge in [0.2, 0.25) is 0 Å². The standard InChI is InChI=1S/C24H26N4S/c29-24-26-22(21-13-7-8-15-25-21)23(28(24)20-11-5-2-6-12-20)18-14-16-27(17-18)19-9-3-1-4-10-19/h2,5-8,11-17,19,22-23H,1,3-4,9-10H2,(H,26,29)/t22-,23-/m0/s1. The molecular formula is C24H26N4S. The Balaban J connectivity index is 1.54. The predicted octanol–water partition coefficient (Wildman–Crippen LogP) is 5.57. The molecule has 4 nitrogen and oxygen atoms in total. The van der Waals surface area contributed by atoms with Crippen LogP contribution in [0.4, 0.5) is 5.69 Å². The Morgan fingerprint density at radius 2 is 1.72 bits per heavy atom. The molecule has 0 unspecified atom stereocenters. The molecule has 2 fully saturated rings. The van der Waals surface area contributed by atoms with Crippen molar-refractivity contribution in [2.45, 2.75) is 50.2 Å². The first-order chi connectivity index (χ1) is 14.3. The van der Waals surface area contributed by atoms with Gasteiger partial charge in [-0.3, -0.25) is 4.98 Å². The minimum absolute atomic E-state index is 0.0195. The zero-order chi connectivity index (χ0) is 19.6. The Hall–Kier alpha value is -2.66. The number of thiocarbonyl (C=S) groups is 1. The van der Waals surface area contributed by atoms with Crippen molar-refractivity contribution in [2.75, 3.05) is 4.90 Å². The molecule has 29 heavy (non-hydrogen) atoms. The Morgan fingerprint density at radius 3 is 2.48 bits per heavy atom. The molecule has 0 amide bonds. The molecule has 2 aromatic heterocycles. The van der Waals surface area contributed by atoms with E-state index in [0.29, 0.717) is 6.04 Å². The lowest BCUT2D eigenvalue weighted by atomic mass is 9.95. The predicted molar refractivity (Wildman–Crippen MR) is 121 cm³/mol. The number of hydrogen-bond acceptors (Lipinski definition) is 2. The summed E-state index contributed by atoms with van der Waals surface area (Å²) in [6.07, 6.45) is 13.0. The minimum Gasteiger partial charge on any atom is -0.351 e. The van der Waals surface area contributed by atoms with Gasteiger partial charge in [0, 0.05) is 30.3 Å². The van der Waals surface area contributed by atoms with Crippen molar-refractivity contribution in [3.63, 3.8) is 0 Å². The van der Waals surface area contributed by atoms with Crippen LogP contribution in [0.3, 0.4) is 0 Å². The monoisotopic (exact) mass is 402 g/mol. The Morgan fingerprint density at radius 1 is 0.931 bits per heavy atom. The molecule has 1 saturated carbocycles. The van der Waals surface area contributed by atoms with Crippen LogP contribution in [0.1, 0.15) is 61.5 Å². The summed E-state index contributed by atoms with van der Waals surface area (Å²) < 4.78 is 2.43. The van der Waals surface area contributed by atoms with Gasteiger partial charge in [0.25, 0.3) is 0 Å². The fourth-order valence-electron chi connectivity index (χ4n) is 4.77. The average Bonchev–Trinajstić information content (AvgIpc) is 3.40. The first kappa shape index (κ1) is 18.4. The van der Waals surface area contributed by atoms with E-state index in [1.54, 1.807) is 0 Å². The summed E-state index contributed by atoms with van der Waals surface area (Å²) in [5, 5.41) is 4.29. The molecule has 148 valence electrons. The molecule has 1 aliphatic carbocycles. The van der Waals surface area contributed by atoms with Gasteiger partial charge in [-0.05, 0) is 61.0 Å². The number of hydrogen-bond donors (Lipinski definition) is 1. The molecule has 1 aliphatic heterocycles. The van der Waals surface area contributed by atoms with Crippen molar-refractivity contribution in [1.29, 1.82) is 0 Å². The zero-order valence-electron chi connectivity index (χ0n) is 16.4. The Labute approximate surface area is 177 Å². The highest BCUT2D eigenvalue weighted by atomic mass is 32.1. The summed E-state index contributed by atoms with van der Waals surface area (Å²) in [7, 11) is 0. The van der Waals surface area contributed by atoms with Crippen molar-refractivity contribution >= 4 is 23.0 Å². The van der Waals surface area contributed by atoms with E-state index in [1.165, 1.54) is 37.7 Å². The van der Waals surface area contributed by atoms with Gasteiger partial charge in [-0.1, -0.05) is 43.5 Å². The second-order valence-corrected chi connectivity index (χ2v) is 8.40. The normalized spacial score (nSPS) is 22.6. The lowest BCUT2D eigenvalue weighted by Gasteiger charge is -2.27. The number of nitrogens with one attached hydrogen (secondary N) is 1. The Bertz CT molecular complexity index is 963. The summed E-state index contributed by atoms with van der Waals surface area (Å²) >= 11 is 5.79. The van der Waals surface area contributed by atoms with Gasteiger partial charge in [-0.2, -0.15) is 0 Å². The zero-order valence-corrected chi connectivity index (χ0v) is 17.3. The van der Waals surface area contributed by atoms with Crippen molar-refractivity contribution in [2.24, 2.45) is 0 Å². The molecule has 5 heteroatoms. The minimum atomic E-state index is 0.0195. The van der Waals surface area contributed by atoms with E-state index in [4.69, 9.17) is 12.2 Å². The van der Waals surface area contributed by atoms with Crippen LogP contribution in [0, 0.1) is 0 Å². The van der Waals surface area contributed by atoms with Crippen molar-refractivity contribution in [1.82, 2.24) is 14.9 Å². The van der Waals surface area contributed by atoms with Crippen LogP contribution in [0.5, 0.6) is 0 Å². The van der Waals surface area contributed by atoms with Crippen molar-refractivity contribution in [3.8, 4) is 0 Å². The first-order valence-electron chi connectivity index (χ1n) is 10.5. The maximum atomic E-state index is 5.79. The third kappa shape index (κ3) is 3.55. The van der Waals surface area contributed by atoms with Gasteiger partial charge in [0.05, 0.1) is 17.8 Å². The SMILES string of the molecule is S=C1N[C@@H](c2ccccn2)[C@H](c2ccn(C3CCCCC3)c2)N1c1ccccc1. The number of aromatic nitrogens is 2. The maximum absolute atomic E-state index is 5.79. The molecular weight excluding hydrogens is 376 g/mol. The third-order valence-corrected chi connectivity index (χ3v) is 6.52. The molecule has 2 atom stereocenters. The molecule has 2 aliphatic rings. The number of anilines is 1. The lowest BCUT2D eigenvalue weighted by Crippen LogP contribution is -2.29. The van der Waals surface area contributed by atoms with E-state index in [1.807, 2.05) is 24.4 Å². The molecule has 0 bridgehead atoms. The fraction of sp³-hybridized carbons (Fsp3) is 0.333. The van der Waals surface area contributed by atoms with E-state index >= 15 is 0 Å². The van der Waals surface area contributed by atoms with Crippen molar-refractivity contribution < 1.29 is 0 Å². The highest BCUT2D eigenvalue weighted by Crippen LogP contribution is 2.42. The second kappa shape index (κ2) is 7.99. The van der Waals surface area contributed by atoms with Crippen LogP contribution >= 0.6 is 12.2 Å². The number of para-hydroxylation sites is 1. The molecule has 1 aromatic carbocycles. The molecule has 1 N–H and O–H groups in total. The highest BCUT2D eigenvalue weighted by molar-refractivity contribution is 7.80. The summed E-state index contributed by atoms with van der Waals surface area (Å²) in [5.74, 6) is 0. The van der Waals surface area contributed by atoms with Gasteiger partial charge in [0.1, 0.15) is 0 Å². The Kier molecular flexibility index (Phi) is 5.06. The number of benzene rings is 1. The molecule has 3 heterocycles. The van der Waals surface area contributed by atoms with Crippen molar-refractivity contribution in [3.05, 3.63) is 84.4 Å². The molecule has 5 rings (SSSR count). The number of rotatable bonds is 4. The number of nitrogens with zero attached hydrogens (tertiary/aromatic N) is 3. The van der Waals surface area contributed by atoms with Gasteiger partial charge in [-0.15, -0.1) is 0 Å². The second-order valence-electron chi connectivity index (χ2n) is 8.02. The van der Waals surface area contributed by atoms with E-state index in [2.05, 4.69) is 68.6 Å². The van der Waals surface area contributed by atoms with Gasteiger partial charge < -0.3 is 14.8 Å². The van der Waals surface area contributed by atoms with Gasteiger partial charge in [-0.25, -0.2) is 0 Å². The van der Waals surface area contributed by atoms with E-state index in [-0.39, 0.29) is 12.1 Å². The van der Waals surface area contributed by atoms with E-state index in [0.717, 1.165) is 16.5 Å².